The van der Waals surface area contributed by atoms with Crippen molar-refractivity contribution in [3.63, 3.8) is 0 Å². The maximum atomic E-state index is 6.44. The first-order valence-electron chi connectivity index (χ1n) is 10.0. The van der Waals surface area contributed by atoms with Crippen LogP contribution in [0.15, 0.2) is 65.5 Å². The van der Waals surface area contributed by atoms with Crippen molar-refractivity contribution in [1.29, 1.82) is 0 Å². The van der Waals surface area contributed by atoms with E-state index in [0.29, 0.717) is 0 Å². The van der Waals surface area contributed by atoms with Crippen LogP contribution in [-0.2, 0) is 6.42 Å². The van der Waals surface area contributed by atoms with Crippen molar-refractivity contribution >= 4 is 32.7 Å². The fraction of sp³-hybridized carbons (Fsp3) is 0.231. The van der Waals surface area contributed by atoms with Gasteiger partial charge >= 0.3 is 0 Å². The fourth-order valence-corrected chi connectivity index (χ4v) is 4.09. The molecule has 0 radical (unpaired) electrons. The smallest absolute Gasteiger partial charge is 0.144 e. The monoisotopic (exact) mass is 380 g/mol. The summed E-state index contributed by atoms with van der Waals surface area (Å²) in [6.07, 6.45) is 6.69. The number of aryl methyl sites for hydroxylation is 1. The standard InChI is InChI=1S/C26H24N2O/c1-16-14-28-23(12-18(16)13-26(2,3)4)21-7-5-6-19-20-9-8-17-10-11-27-15-22(17)25(20)29-24(19)21/h5-12,14-15H,13H2,1-4H3. The molecule has 144 valence electrons. The van der Waals surface area contributed by atoms with Gasteiger partial charge in [-0.25, -0.2) is 0 Å². The van der Waals surface area contributed by atoms with E-state index in [1.54, 1.807) is 0 Å². The van der Waals surface area contributed by atoms with E-state index >= 15 is 0 Å². The Balaban J connectivity index is 1.76. The summed E-state index contributed by atoms with van der Waals surface area (Å²) in [5.74, 6) is 0. The number of rotatable bonds is 2. The second-order valence-corrected chi connectivity index (χ2v) is 9.06. The number of fused-ring (bicyclic) bond motifs is 5. The van der Waals surface area contributed by atoms with Crippen LogP contribution >= 0.6 is 0 Å². The average molecular weight is 380 g/mol. The molecule has 0 saturated heterocycles. The van der Waals surface area contributed by atoms with Crippen molar-refractivity contribution < 1.29 is 4.42 Å². The third-order valence-corrected chi connectivity index (χ3v) is 5.49. The highest BCUT2D eigenvalue weighted by Gasteiger charge is 2.17. The van der Waals surface area contributed by atoms with Gasteiger partial charge in [-0.05, 0) is 59.5 Å². The lowest BCUT2D eigenvalue weighted by Gasteiger charge is -2.20. The third-order valence-electron chi connectivity index (χ3n) is 5.49. The van der Waals surface area contributed by atoms with Crippen molar-refractivity contribution in [2.75, 3.05) is 0 Å². The zero-order valence-corrected chi connectivity index (χ0v) is 17.3. The highest BCUT2D eigenvalue weighted by Crippen LogP contribution is 2.38. The Morgan fingerprint density at radius 3 is 2.55 bits per heavy atom. The number of hydrogen-bond acceptors (Lipinski definition) is 3. The predicted molar refractivity (Wildman–Crippen MR) is 120 cm³/mol. The highest BCUT2D eigenvalue weighted by molar-refractivity contribution is 6.16. The van der Waals surface area contributed by atoms with Crippen LogP contribution in [0.3, 0.4) is 0 Å². The van der Waals surface area contributed by atoms with Crippen LogP contribution in [0.4, 0.5) is 0 Å². The predicted octanol–water partition coefficient (Wildman–Crippen LogP) is 7.09. The molecule has 0 saturated carbocycles. The number of hydrogen-bond donors (Lipinski definition) is 0. The van der Waals surface area contributed by atoms with E-state index in [1.807, 2.05) is 24.7 Å². The van der Waals surface area contributed by atoms with Crippen LogP contribution in [0.25, 0.3) is 44.0 Å². The lowest BCUT2D eigenvalue weighted by Crippen LogP contribution is -2.10. The normalized spacial score (nSPS) is 12.3. The Morgan fingerprint density at radius 2 is 1.72 bits per heavy atom. The molecule has 3 aromatic heterocycles. The largest absolute Gasteiger partial charge is 0.455 e. The van der Waals surface area contributed by atoms with E-state index in [2.05, 4.69) is 69.1 Å². The highest BCUT2D eigenvalue weighted by atomic mass is 16.3. The quantitative estimate of drug-likeness (QED) is 0.328. The van der Waals surface area contributed by atoms with Gasteiger partial charge in [-0.3, -0.25) is 9.97 Å². The molecular weight excluding hydrogens is 356 g/mol. The van der Waals surface area contributed by atoms with Crippen LogP contribution in [0.5, 0.6) is 0 Å². The summed E-state index contributed by atoms with van der Waals surface area (Å²) in [6, 6.07) is 14.8. The maximum Gasteiger partial charge on any atom is 0.144 e. The number of furan rings is 1. The van der Waals surface area contributed by atoms with Crippen LogP contribution in [0.1, 0.15) is 31.9 Å². The summed E-state index contributed by atoms with van der Waals surface area (Å²) in [7, 11) is 0. The van der Waals surface area contributed by atoms with Gasteiger partial charge in [0.2, 0.25) is 0 Å². The van der Waals surface area contributed by atoms with E-state index < -0.39 is 0 Å². The summed E-state index contributed by atoms with van der Waals surface area (Å²) in [6.45, 7) is 8.95. The second kappa shape index (κ2) is 6.41. The molecule has 0 aliphatic rings. The molecule has 3 nitrogen and oxygen atoms in total. The molecule has 0 atom stereocenters. The fourth-order valence-electron chi connectivity index (χ4n) is 4.09. The summed E-state index contributed by atoms with van der Waals surface area (Å²) < 4.78 is 6.44. The molecule has 0 N–H and O–H groups in total. The number of para-hydroxylation sites is 1. The van der Waals surface area contributed by atoms with Gasteiger partial charge in [-0.15, -0.1) is 0 Å². The topological polar surface area (TPSA) is 38.9 Å². The number of pyridine rings is 2. The van der Waals surface area contributed by atoms with Gasteiger partial charge in [0.25, 0.3) is 0 Å². The lowest BCUT2D eigenvalue weighted by atomic mass is 9.86. The zero-order chi connectivity index (χ0) is 20.2. The summed E-state index contributed by atoms with van der Waals surface area (Å²) in [5, 5.41) is 4.40. The van der Waals surface area contributed by atoms with E-state index in [9.17, 15) is 0 Å². The second-order valence-electron chi connectivity index (χ2n) is 9.06. The van der Waals surface area contributed by atoms with Crippen molar-refractivity contribution in [2.24, 2.45) is 5.41 Å². The average Bonchev–Trinajstić information content (AvgIpc) is 3.08. The first-order valence-corrected chi connectivity index (χ1v) is 10.0. The van der Waals surface area contributed by atoms with E-state index in [4.69, 9.17) is 9.40 Å². The molecule has 0 spiro atoms. The van der Waals surface area contributed by atoms with Crippen LogP contribution in [0.2, 0.25) is 0 Å². The number of aromatic nitrogens is 2. The number of benzene rings is 2. The van der Waals surface area contributed by atoms with Gasteiger partial charge in [-0.1, -0.05) is 39.0 Å². The first-order chi connectivity index (χ1) is 13.9. The molecule has 5 aromatic rings. The zero-order valence-electron chi connectivity index (χ0n) is 17.3. The Bertz CT molecular complexity index is 1370. The van der Waals surface area contributed by atoms with Crippen LogP contribution in [-0.4, -0.2) is 9.97 Å². The minimum Gasteiger partial charge on any atom is -0.455 e. The first kappa shape index (κ1) is 17.9. The molecule has 29 heavy (non-hydrogen) atoms. The minimum atomic E-state index is 0.223. The summed E-state index contributed by atoms with van der Waals surface area (Å²) in [5.41, 5.74) is 6.56. The minimum absolute atomic E-state index is 0.223. The van der Waals surface area contributed by atoms with Crippen molar-refractivity contribution in [2.45, 2.75) is 34.1 Å². The Hall–Kier alpha value is -3.20. The summed E-state index contributed by atoms with van der Waals surface area (Å²) in [4.78, 5) is 9.05. The van der Waals surface area contributed by atoms with Gasteiger partial charge in [-0.2, -0.15) is 0 Å². The van der Waals surface area contributed by atoms with Gasteiger partial charge in [0, 0.05) is 40.3 Å². The SMILES string of the molecule is Cc1cnc(-c2cccc3c2oc2c4cnccc4ccc32)cc1CC(C)(C)C. The molecule has 5 rings (SSSR count). The molecule has 0 bridgehead atoms. The molecule has 2 aromatic carbocycles. The van der Waals surface area contributed by atoms with Gasteiger partial charge in [0.15, 0.2) is 0 Å². The van der Waals surface area contributed by atoms with E-state index in [1.165, 1.54) is 11.1 Å². The molecule has 0 fully saturated rings. The maximum absolute atomic E-state index is 6.44. The van der Waals surface area contributed by atoms with Crippen LogP contribution < -0.4 is 0 Å². The molecule has 0 amide bonds. The molecule has 0 aliphatic carbocycles. The van der Waals surface area contributed by atoms with Gasteiger partial charge < -0.3 is 4.42 Å². The van der Waals surface area contributed by atoms with Gasteiger partial charge in [0.1, 0.15) is 11.2 Å². The Labute approximate surface area is 170 Å². The van der Waals surface area contributed by atoms with Crippen LogP contribution in [0, 0.1) is 12.3 Å². The lowest BCUT2D eigenvalue weighted by molar-refractivity contribution is 0.410. The van der Waals surface area contributed by atoms with E-state index in [-0.39, 0.29) is 5.41 Å². The molecule has 3 heteroatoms. The number of nitrogens with zero attached hydrogens (tertiary/aromatic N) is 2. The van der Waals surface area contributed by atoms with Crippen molar-refractivity contribution in [1.82, 2.24) is 9.97 Å². The summed E-state index contributed by atoms with van der Waals surface area (Å²) >= 11 is 0. The van der Waals surface area contributed by atoms with Crippen molar-refractivity contribution in [3.8, 4) is 11.3 Å². The van der Waals surface area contributed by atoms with E-state index in [0.717, 1.165) is 50.4 Å². The molecule has 0 unspecified atom stereocenters. The molecular formula is C26H24N2O. The third kappa shape index (κ3) is 3.07. The van der Waals surface area contributed by atoms with Crippen molar-refractivity contribution in [3.05, 3.63) is 72.2 Å². The Morgan fingerprint density at radius 1 is 0.897 bits per heavy atom. The van der Waals surface area contributed by atoms with Gasteiger partial charge in [0.05, 0.1) is 5.69 Å². The molecule has 0 aliphatic heterocycles. The Kier molecular flexibility index (Phi) is 3.95. The molecule has 3 heterocycles.